The van der Waals surface area contributed by atoms with Gasteiger partial charge in [0.15, 0.2) is 0 Å². The highest BCUT2D eigenvalue weighted by atomic mass is 127. The first kappa shape index (κ1) is 15.2. The van der Waals surface area contributed by atoms with Gasteiger partial charge in [-0.15, -0.1) is 0 Å². The Bertz CT molecular complexity index is 507. The second-order valence-electron chi connectivity index (χ2n) is 4.88. The zero-order valence-electron chi connectivity index (χ0n) is 11.0. The first-order valence-electron chi connectivity index (χ1n) is 6.58. The molecule has 0 aliphatic carbocycles. The minimum absolute atomic E-state index is 0.127. The second kappa shape index (κ2) is 7.03. The Morgan fingerprint density at radius 3 is 2.90 bits per heavy atom. The van der Waals surface area contributed by atoms with Crippen LogP contribution in [0.15, 0.2) is 24.3 Å². The van der Waals surface area contributed by atoms with Gasteiger partial charge in [0, 0.05) is 9.26 Å². The number of nitrogens with one attached hydrogen (secondary N) is 1. The van der Waals surface area contributed by atoms with Crippen molar-refractivity contribution in [3.05, 3.63) is 27.8 Å². The molecular formula is C14H17IN2O3. The van der Waals surface area contributed by atoms with Crippen molar-refractivity contribution in [3.63, 3.8) is 0 Å². The Morgan fingerprint density at radius 1 is 1.40 bits per heavy atom. The van der Waals surface area contributed by atoms with E-state index >= 15 is 0 Å². The number of hydrogen-bond acceptors (Lipinski definition) is 3. The van der Waals surface area contributed by atoms with Crippen molar-refractivity contribution in [1.82, 2.24) is 4.90 Å². The topological polar surface area (TPSA) is 69.6 Å². The van der Waals surface area contributed by atoms with E-state index in [1.165, 1.54) is 0 Å². The van der Waals surface area contributed by atoms with Crippen LogP contribution in [0, 0.1) is 3.57 Å². The van der Waals surface area contributed by atoms with Gasteiger partial charge in [-0.05, 0) is 60.2 Å². The van der Waals surface area contributed by atoms with Gasteiger partial charge in [-0.25, -0.2) is 0 Å². The van der Waals surface area contributed by atoms with Crippen molar-refractivity contribution >= 4 is 40.2 Å². The minimum atomic E-state index is -0.841. The highest BCUT2D eigenvalue weighted by Crippen LogP contribution is 2.17. The van der Waals surface area contributed by atoms with Gasteiger partial charge in [0.05, 0.1) is 6.54 Å². The predicted octanol–water partition coefficient (Wildman–Crippen LogP) is 2.17. The predicted molar refractivity (Wildman–Crippen MR) is 84.6 cm³/mol. The van der Waals surface area contributed by atoms with Crippen LogP contribution in [0.2, 0.25) is 0 Å². The third-order valence-corrected chi connectivity index (χ3v) is 4.02. The number of carbonyl (C=O) groups is 2. The summed E-state index contributed by atoms with van der Waals surface area (Å²) in [4.78, 5) is 24.9. The van der Waals surface area contributed by atoms with E-state index in [2.05, 4.69) is 27.9 Å². The van der Waals surface area contributed by atoms with Gasteiger partial charge in [0.2, 0.25) is 5.91 Å². The molecule has 1 aliphatic heterocycles. The van der Waals surface area contributed by atoms with E-state index < -0.39 is 12.0 Å². The molecule has 0 spiro atoms. The average molecular weight is 388 g/mol. The summed E-state index contributed by atoms with van der Waals surface area (Å²) in [6, 6.07) is 6.99. The smallest absolute Gasteiger partial charge is 0.320 e. The van der Waals surface area contributed by atoms with Crippen LogP contribution in [0.4, 0.5) is 5.69 Å². The normalized spacial score (nSPS) is 19.6. The third-order valence-electron chi connectivity index (χ3n) is 3.35. The summed E-state index contributed by atoms with van der Waals surface area (Å²) in [6.45, 7) is 0.791. The molecule has 1 amide bonds. The maximum absolute atomic E-state index is 12.0. The number of carboxylic acids is 1. The molecule has 1 fully saturated rings. The number of piperidine rings is 1. The summed E-state index contributed by atoms with van der Waals surface area (Å²) in [5.74, 6) is -1.01. The second-order valence-corrected chi connectivity index (χ2v) is 6.12. The lowest BCUT2D eigenvalue weighted by atomic mass is 10.0. The molecule has 108 valence electrons. The van der Waals surface area contributed by atoms with Gasteiger partial charge in [0.25, 0.3) is 0 Å². The summed E-state index contributed by atoms with van der Waals surface area (Å²) in [5, 5.41) is 12.0. The van der Waals surface area contributed by atoms with Crippen molar-refractivity contribution in [3.8, 4) is 0 Å². The third kappa shape index (κ3) is 4.17. The fourth-order valence-electron chi connectivity index (χ4n) is 2.41. The molecule has 5 nitrogen and oxygen atoms in total. The van der Waals surface area contributed by atoms with Crippen LogP contribution < -0.4 is 5.32 Å². The van der Waals surface area contributed by atoms with Crippen molar-refractivity contribution < 1.29 is 14.7 Å². The summed E-state index contributed by atoms with van der Waals surface area (Å²) in [6.07, 6.45) is 2.47. The Labute approximate surface area is 131 Å². The van der Waals surface area contributed by atoms with E-state index in [9.17, 15) is 14.7 Å². The highest BCUT2D eigenvalue weighted by Gasteiger charge is 2.29. The fourth-order valence-corrected chi connectivity index (χ4v) is 2.95. The molecule has 1 unspecified atom stereocenters. The molecule has 1 aliphatic rings. The summed E-state index contributed by atoms with van der Waals surface area (Å²) in [5.41, 5.74) is 0.741. The molecule has 0 saturated carbocycles. The Kier molecular flexibility index (Phi) is 5.36. The summed E-state index contributed by atoms with van der Waals surface area (Å²) >= 11 is 2.18. The number of aliphatic carboxylic acids is 1. The molecule has 1 aromatic carbocycles. The number of anilines is 1. The minimum Gasteiger partial charge on any atom is -0.480 e. The van der Waals surface area contributed by atoms with Gasteiger partial charge < -0.3 is 10.4 Å². The number of carbonyl (C=O) groups excluding carboxylic acids is 1. The van der Waals surface area contributed by atoms with E-state index in [4.69, 9.17) is 0 Å². The van der Waals surface area contributed by atoms with Crippen LogP contribution >= 0.6 is 22.6 Å². The van der Waals surface area contributed by atoms with E-state index in [1.54, 1.807) is 4.90 Å². The lowest BCUT2D eigenvalue weighted by Crippen LogP contribution is -2.47. The van der Waals surface area contributed by atoms with E-state index in [0.29, 0.717) is 13.0 Å². The molecule has 20 heavy (non-hydrogen) atoms. The van der Waals surface area contributed by atoms with Crippen LogP contribution in [-0.4, -0.2) is 41.0 Å². The molecule has 1 heterocycles. The van der Waals surface area contributed by atoms with Gasteiger partial charge >= 0.3 is 5.97 Å². The average Bonchev–Trinajstić information content (AvgIpc) is 2.38. The van der Waals surface area contributed by atoms with Gasteiger partial charge in [-0.3, -0.25) is 14.5 Å². The van der Waals surface area contributed by atoms with Gasteiger partial charge in [-0.1, -0.05) is 12.5 Å². The van der Waals surface area contributed by atoms with Crippen LogP contribution in [-0.2, 0) is 9.59 Å². The zero-order valence-corrected chi connectivity index (χ0v) is 13.2. The lowest BCUT2D eigenvalue weighted by Gasteiger charge is -2.32. The molecule has 6 heteroatoms. The number of carboxylic acid groups (broad SMARTS) is 1. The number of rotatable bonds is 4. The monoisotopic (exact) mass is 388 g/mol. The zero-order chi connectivity index (χ0) is 14.5. The molecule has 1 aromatic rings. The molecule has 1 atom stereocenters. The quantitative estimate of drug-likeness (QED) is 0.776. The molecule has 0 aromatic heterocycles. The van der Waals surface area contributed by atoms with E-state index in [1.807, 2.05) is 24.3 Å². The SMILES string of the molecule is O=C(CN1CCCCC1C(=O)O)Nc1cccc(I)c1. The molecule has 2 N–H and O–H groups in total. The summed E-state index contributed by atoms with van der Waals surface area (Å²) < 4.78 is 1.04. The van der Waals surface area contributed by atoms with Crippen LogP contribution in [0.3, 0.4) is 0 Å². The Morgan fingerprint density at radius 2 is 2.20 bits per heavy atom. The Hall–Kier alpha value is -1.15. The molecule has 2 rings (SSSR count). The van der Waals surface area contributed by atoms with Crippen LogP contribution in [0.25, 0.3) is 0 Å². The maximum atomic E-state index is 12.0. The number of hydrogen-bond donors (Lipinski definition) is 2. The lowest BCUT2D eigenvalue weighted by molar-refractivity contribution is -0.145. The maximum Gasteiger partial charge on any atom is 0.320 e. The first-order valence-corrected chi connectivity index (χ1v) is 7.66. The van der Waals surface area contributed by atoms with Gasteiger partial charge in [-0.2, -0.15) is 0 Å². The Balaban J connectivity index is 1.94. The molecule has 0 bridgehead atoms. The van der Waals surface area contributed by atoms with E-state index in [0.717, 1.165) is 22.1 Å². The molecule has 0 radical (unpaired) electrons. The number of likely N-dealkylation sites (tertiary alicyclic amines) is 1. The summed E-state index contributed by atoms with van der Waals surface area (Å²) in [7, 11) is 0. The standard InChI is InChI=1S/C14H17IN2O3/c15-10-4-3-5-11(8-10)16-13(18)9-17-7-2-1-6-12(17)14(19)20/h3-5,8,12H,1-2,6-7,9H2,(H,16,18)(H,19,20). The van der Waals surface area contributed by atoms with Crippen LogP contribution in [0.5, 0.6) is 0 Å². The van der Waals surface area contributed by atoms with Crippen molar-refractivity contribution in [1.29, 1.82) is 0 Å². The number of amides is 1. The molecule has 1 saturated heterocycles. The van der Waals surface area contributed by atoms with Crippen molar-refractivity contribution in [2.24, 2.45) is 0 Å². The molecular weight excluding hydrogens is 371 g/mol. The fraction of sp³-hybridized carbons (Fsp3) is 0.429. The van der Waals surface area contributed by atoms with Crippen molar-refractivity contribution in [2.45, 2.75) is 25.3 Å². The van der Waals surface area contributed by atoms with Gasteiger partial charge in [0.1, 0.15) is 6.04 Å². The highest BCUT2D eigenvalue weighted by molar-refractivity contribution is 14.1. The van der Waals surface area contributed by atoms with E-state index in [-0.39, 0.29) is 12.5 Å². The number of halogens is 1. The largest absolute Gasteiger partial charge is 0.480 e. The first-order chi connectivity index (χ1) is 9.56. The van der Waals surface area contributed by atoms with Crippen molar-refractivity contribution in [2.75, 3.05) is 18.4 Å². The van der Waals surface area contributed by atoms with Crippen LogP contribution in [0.1, 0.15) is 19.3 Å². The number of benzene rings is 1. The number of nitrogens with zero attached hydrogens (tertiary/aromatic N) is 1.